The number of likely N-dealkylation sites (tertiary alicyclic amines) is 2. The van der Waals surface area contributed by atoms with E-state index in [0.29, 0.717) is 24.8 Å². The molecular formula is C33H40FN3O3. The number of oxazole rings is 1. The predicted octanol–water partition coefficient (Wildman–Crippen LogP) is 5.94. The highest BCUT2D eigenvalue weighted by Crippen LogP contribution is 2.39. The second-order valence-corrected chi connectivity index (χ2v) is 12.2. The van der Waals surface area contributed by atoms with Gasteiger partial charge in [0.25, 0.3) is 0 Å². The van der Waals surface area contributed by atoms with Gasteiger partial charge in [0, 0.05) is 37.9 Å². The van der Waals surface area contributed by atoms with Gasteiger partial charge in [-0.1, -0.05) is 61.7 Å². The molecule has 40 heavy (non-hydrogen) atoms. The molecule has 1 aromatic heterocycles. The second-order valence-electron chi connectivity index (χ2n) is 12.2. The average Bonchev–Trinajstić information content (AvgIpc) is 3.56. The Hall–Kier alpha value is -3.03. The molecule has 2 saturated heterocycles. The van der Waals surface area contributed by atoms with E-state index in [-0.39, 0.29) is 17.7 Å². The molecule has 0 radical (unpaired) electrons. The molecule has 3 aromatic rings. The molecule has 1 saturated carbocycles. The molecule has 1 N–H and O–H groups in total. The monoisotopic (exact) mass is 545 g/mol. The molecule has 3 aliphatic rings. The van der Waals surface area contributed by atoms with Crippen molar-refractivity contribution >= 4 is 5.97 Å². The maximum Gasteiger partial charge on any atom is 0.320 e. The summed E-state index contributed by atoms with van der Waals surface area (Å²) in [4.78, 5) is 21.5. The van der Waals surface area contributed by atoms with Crippen LogP contribution >= 0.6 is 0 Å². The third kappa shape index (κ3) is 6.31. The summed E-state index contributed by atoms with van der Waals surface area (Å²) in [7, 11) is 0. The Balaban J connectivity index is 1.09. The van der Waals surface area contributed by atoms with Crippen molar-refractivity contribution in [3.05, 3.63) is 89.4 Å². The van der Waals surface area contributed by atoms with Crippen molar-refractivity contribution < 1.29 is 18.7 Å². The molecule has 0 spiro atoms. The van der Waals surface area contributed by atoms with E-state index in [1.54, 1.807) is 12.1 Å². The van der Waals surface area contributed by atoms with Gasteiger partial charge in [-0.25, -0.2) is 9.37 Å². The standard InChI is InChI=1S/C33H40FN3O3/c34-28-11-5-10-26(18-28)29-22-37(30(33(38)39)16-23-8-4-9-23)21-27(29)20-36-14-12-25(13-15-36)31-19-35-32(40-31)17-24-6-2-1-3-7-24/h1-3,5-7,10-11,18-19,23,25,27,29-30H,4,8-9,12-17,20-22H2,(H,38,39). The smallest absolute Gasteiger partial charge is 0.320 e. The van der Waals surface area contributed by atoms with Crippen molar-refractivity contribution in [2.24, 2.45) is 11.8 Å². The molecule has 212 valence electrons. The molecule has 2 aromatic carbocycles. The lowest BCUT2D eigenvalue weighted by Gasteiger charge is -2.34. The lowest BCUT2D eigenvalue weighted by molar-refractivity contribution is -0.144. The van der Waals surface area contributed by atoms with Crippen LogP contribution in [0.2, 0.25) is 0 Å². The summed E-state index contributed by atoms with van der Waals surface area (Å²) in [5.41, 5.74) is 2.18. The second kappa shape index (κ2) is 12.2. The van der Waals surface area contributed by atoms with E-state index in [1.165, 1.54) is 18.1 Å². The Labute approximate surface area is 236 Å². The minimum Gasteiger partial charge on any atom is -0.480 e. The molecule has 7 heteroatoms. The number of piperidine rings is 1. The number of hydrogen-bond donors (Lipinski definition) is 1. The van der Waals surface area contributed by atoms with E-state index >= 15 is 0 Å². The average molecular weight is 546 g/mol. The van der Waals surface area contributed by atoms with Crippen molar-refractivity contribution in [2.45, 2.75) is 62.8 Å². The minimum absolute atomic E-state index is 0.131. The SMILES string of the molecule is O=C(O)C(CC1CCC1)N1CC(CN2CCC(c3cnc(Cc4ccccc4)o3)CC2)C(c2cccc(F)c2)C1. The van der Waals surface area contributed by atoms with Gasteiger partial charge < -0.3 is 14.4 Å². The fourth-order valence-corrected chi connectivity index (χ4v) is 7.01. The number of carboxylic acids is 1. The van der Waals surface area contributed by atoms with E-state index in [1.807, 2.05) is 30.5 Å². The molecule has 6 nitrogen and oxygen atoms in total. The number of aromatic nitrogens is 1. The van der Waals surface area contributed by atoms with Crippen LogP contribution in [0.15, 0.2) is 65.2 Å². The number of nitrogens with zero attached hydrogens (tertiary/aromatic N) is 3. The van der Waals surface area contributed by atoms with Crippen LogP contribution in [0.1, 0.15) is 73.1 Å². The van der Waals surface area contributed by atoms with Gasteiger partial charge in [-0.15, -0.1) is 0 Å². The summed E-state index contributed by atoms with van der Waals surface area (Å²) < 4.78 is 20.4. The summed E-state index contributed by atoms with van der Waals surface area (Å²) in [5.74, 6) is 2.10. The van der Waals surface area contributed by atoms with E-state index < -0.39 is 12.0 Å². The number of aliphatic carboxylic acids is 1. The normalized spacial score (nSPS) is 23.7. The van der Waals surface area contributed by atoms with Gasteiger partial charge in [-0.3, -0.25) is 9.69 Å². The third-order valence-corrected chi connectivity index (χ3v) is 9.51. The van der Waals surface area contributed by atoms with E-state index in [2.05, 4.69) is 26.9 Å². The summed E-state index contributed by atoms with van der Waals surface area (Å²) in [6.45, 7) is 4.26. The Morgan fingerprint density at radius 2 is 1.85 bits per heavy atom. The minimum atomic E-state index is -0.718. The van der Waals surface area contributed by atoms with Crippen LogP contribution in [0.4, 0.5) is 4.39 Å². The molecule has 3 unspecified atom stereocenters. The van der Waals surface area contributed by atoms with Crippen LogP contribution in [-0.2, 0) is 11.2 Å². The molecule has 3 fully saturated rings. The van der Waals surface area contributed by atoms with Crippen LogP contribution in [0, 0.1) is 17.7 Å². The van der Waals surface area contributed by atoms with Gasteiger partial charge in [0.2, 0.25) is 0 Å². The van der Waals surface area contributed by atoms with Gasteiger partial charge in [0.1, 0.15) is 17.6 Å². The van der Waals surface area contributed by atoms with Gasteiger partial charge >= 0.3 is 5.97 Å². The Kier molecular flexibility index (Phi) is 8.30. The molecule has 0 bridgehead atoms. The maximum absolute atomic E-state index is 14.2. The van der Waals surface area contributed by atoms with Crippen LogP contribution in [0.25, 0.3) is 0 Å². The number of benzene rings is 2. The zero-order valence-corrected chi connectivity index (χ0v) is 23.1. The Morgan fingerprint density at radius 3 is 2.55 bits per heavy atom. The fraction of sp³-hybridized carbons (Fsp3) is 0.515. The summed E-state index contributed by atoms with van der Waals surface area (Å²) in [6.07, 6.45) is 8.86. The highest BCUT2D eigenvalue weighted by atomic mass is 19.1. The number of rotatable bonds is 10. The van der Waals surface area contributed by atoms with Gasteiger partial charge in [0.05, 0.1) is 6.20 Å². The van der Waals surface area contributed by atoms with Crippen molar-refractivity contribution in [3.63, 3.8) is 0 Å². The highest BCUT2D eigenvalue weighted by Gasteiger charge is 2.41. The van der Waals surface area contributed by atoms with Crippen molar-refractivity contribution in [1.29, 1.82) is 0 Å². The highest BCUT2D eigenvalue weighted by molar-refractivity contribution is 5.73. The lowest BCUT2D eigenvalue weighted by atomic mass is 9.80. The first-order chi connectivity index (χ1) is 19.5. The van der Waals surface area contributed by atoms with E-state index in [4.69, 9.17) is 4.42 Å². The van der Waals surface area contributed by atoms with E-state index in [9.17, 15) is 14.3 Å². The van der Waals surface area contributed by atoms with Crippen LogP contribution in [-0.4, -0.2) is 64.6 Å². The number of carbonyl (C=O) groups is 1. The van der Waals surface area contributed by atoms with E-state index in [0.717, 1.165) is 75.5 Å². The third-order valence-electron chi connectivity index (χ3n) is 9.51. The van der Waals surface area contributed by atoms with Crippen LogP contribution in [0.3, 0.4) is 0 Å². The van der Waals surface area contributed by atoms with Crippen molar-refractivity contribution in [1.82, 2.24) is 14.8 Å². The molecule has 1 aliphatic carbocycles. The number of carboxylic acid groups (broad SMARTS) is 1. The summed E-state index contributed by atoms with van der Waals surface area (Å²) >= 11 is 0. The molecule has 6 rings (SSSR count). The summed E-state index contributed by atoms with van der Waals surface area (Å²) in [5, 5.41) is 10.1. The topological polar surface area (TPSA) is 69.8 Å². The lowest BCUT2D eigenvalue weighted by Crippen LogP contribution is -2.43. The van der Waals surface area contributed by atoms with Gasteiger partial charge in [-0.05, 0) is 67.4 Å². The number of hydrogen-bond acceptors (Lipinski definition) is 5. The van der Waals surface area contributed by atoms with Crippen molar-refractivity contribution in [2.75, 3.05) is 32.7 Å². The molecule has 3 heterocycles. The van der Waals surface area contributed by atoms with Crippen LogP contribution < -0.4 is 0 Å². The zero-order chi connectivity index (χ0) is 27.5. The maximum atomic E-state index is 14.2. The Morgan fingerprint density at radius 1 is 1.05 bits per heavy atom. The van der Waals surface area contributed by atoms with Gasteiger partial charge in [-0.2, -0.15) is 0 Å². The molecular weight excluding hydrogens is 505 g/mol. The molecule has 2 aliphatic heterocycles. The largest absolute Gasteiger partial charge is 0.480 e. The quantitative estimate of drug-likeness (QED) is 0.340. The first-order valence-electron chi connectivity index (χ1n) is 14.9. The predicted molar refractivity (Wildman–Crippen MR) is 152 cm³/mol. The van der Waals surface area contributed by atoms with Gasteiger partial charge in [0.15, 0.2) is 5.89 Å². The van der Waals surface area contributed by atoms with Crippen LogP contribution in [0.5, 0.6) is 0 Å². The first-order valence-corrected chi connectivity index (χ1v) is 14.9. The summed E-state index contributed by atoms with van der Waals surface area (Å²) in [6, 6.07) is 16.7. The fourth-order valence-electron chi connectivity index (χ4n) is 7.01. The Bertz CT molecular complexity index is 1270. The number of halogens is 1. The molecule has 3 atom stereocenters. The zero-order valence-electron chi connectivity index (χ0n) is 23.1. The molecule has 0 amide bonds. The van der Waals surface area contributed by atoms with Crippen molar-refractivity contribution in [3.8, 4) is 0 Å². The first kappa shape index (κ1) is 27.2.